The zero-order valence-electron chi connectivity index (χ0n) is 15.6. The van der Waals surface area contributed by atoms with E-state index in [-0.39, 0.29) is 12.1 Å². The van der Waals surface area contributed by atoms with E-state index in [1.165, 1.54) is 70.6 Å². The van der Waals surface area contributed by atoms with Crippen molar-refractivity contribution in [2.45, 2.75) is 116 Å². The minimum atomic E-state index is -0.0642. The van der Waals surface area contributed by atoms with Gasteiger partial charge in [-0.1, -0.05) is 84.0 Å². The average molecular weight is 347 g/mol. The van der Waals surface area contributed by atoms with E-state index in [0.29, 0.717) is 12.3 Å². The minimum absolute atomic E-state index is 0.0398. The standard InChI is InChI=1S/C20H39ClO2/c1-3-4-5-6-7-8-9-10-11-12-13-14-15-16-20(22)23-19(2)17-18-21/h19H,3-18H2,1-2H3. The van der Waals surface area contributed by atoms with Crippen LogP contribution in [0.4, 0.5) is 0 Å². The number of ether oxygens (including phenoxy) is 1. The molecule has 0 aliphatic rings. The highest BCUT2D eigenvalue weighted by atomic mass is 35.5. The van der Waals surface area contributed by atoms with Crippen molar-refractivity contribution >= 4 is 17.6 Å². The number of hydrogen-bond donors (Lipinski definition) is 0. The number of carbonyl (C=O) groups is 1. The van der Waals surface area contributed by atoms with E-state index in [2.05, 4.69) is 6.92 Å². The largest absolute Gasteiger partial charge is 0.463 e. The van der Waals surface area contributed by atoms with Crippen LogP contribution in [0, 0.1) is 0 Å². The van der Waals surface area contributed by atoms with Crippen LogP contribution in [0.1, 0.15) is 110 Å². The van der Waals surface area contributed by atoms with Gasteiger partial charge in [-0.3, -0.25) is 4.79 Å². The second-order valence-corrected chi connectivity index (χ2v) is 7.15. The minimum Gasteiger partial charge on any atom is -0.463 e. The van der Waals surface area contributed by atoms with E-state index in [4.69, 9.17) is 16.3 Å². The lowest BCUT2D eigenvalue weighted by molar-refractivity contribution is -0.148. The van der Waals surface area contributed by atoms with Crippen LogP contribution in [0.3, 0.4) is 0 Å². The summed E-state index contributed by atoms with van der Waals surface area (Å²) in [5.41, 5.74) is 0. The maximum Gasteiger partial charge on any atom is 0.306 e. The van der Waals surface area contributed by atoms with Crippen LogP contribution >= 0.6 is 11.6 Å². The Morgan fingerprint density at radius 2 is 1.26 bits per heavy atom. The van der Waals surface area contributed by atoms with E-state index >= 15 is 0 Å². The van der Waals surface area contributed by atoms with Crippen molar-refractivity contribution in [2.24, 2.45) is 0 Å². The zero-order chi connectivity index (χ0) is 17.2. The first-order chi connectivity index (χ1) is 11.2. The molecule has 0 amide bonds. The average Bonchev–Trinajstić information content (AvgIpc) is 2.52. The number of hydrogen-bond acceptors (Lipinski definition) is 2. The Hall–Kier alpha value is -0.240. The summed E-state index contributed by atoms with van der Waals surface area (Å²) >= 11 is 5.62. The van der Waals surface area contributed by atoms with Gasteiger partial charge < -0.3 is 4.74 Å². The molecular formula is C20H39ClO2. The molecule has 2 nitrogen and oxygen atoms in total. The highest BCUT2D eigenvalue weighted by Gasteiger charge is 2.08. The highest BCUT2D eigenvalue weighted by molar-refractivity contribution is 6.17. The molecule has 0 rings (SSSR count). The fraction of sp³-hybridized carbons (Fsp3) is 0.950. The lowest BCUT2D eigenvalue weighted by Gasteiger charge is -2.11. The quantitative estimate of drug-likeness (QED) is 0.160. The van der Waals surface area contributed by atoms with E-state index in [9.17, 15) is 4.79 Å². The van der Waals surface area contributed by atoms with Gasteiger partial charge in [-0.2, -0.15) is 0 Å². The van der Waals surface area contributed by atoms with E-state index in [1.54, 1.807) is 0 Å². The molecular weight excluding hydrogens is 308 g/mol. The van der Waals surface area contributed by atoms with Gasteiger partial charge in [0.15, 0.2) is 0 Å². The van der Waals surface area contributed by atoms with Crippen molar-refractivity contribution in [1.29, 1.82) is 0 Å². The Bertz CT molecular complexity index is 256. The predicted octanol–water partition coefficient (Wildman–Crippen LogP) is 7.03. The van der Waals surface area contributed by atoms with Crippen LogP contribution in [-0.4, -0.2) is 18.0 Å². The van der Waals surface area contributed by atoms with Gasteiger partial charge in [0.1, 0.15) is 6.10 Å². The van der Waals surface area contributed by atoms with Crippen molar-refractivity contribution < 1.29 is 9.53 Å². The van der Waals surface area contributed by atoms with Crippen LogP contribution in [-0.2, 0) is 9.53 Å². The van der Waals surface area contributed by atoms with Gasteiger partial charge in [0.2, 0.25) is 0 Å². The molecule has 0 spiro atoms. The molecule has 0 heterocycles. The third-order valence-corrected chi connectivity index (χ3v) is 4.55. The zero-order valence-corrected chi connectivity index (χ0v) is 16.3. The summed E-state index contributed by atoms with van der Waals surface area (Å²) in [7, 11) is 0. The second-order valence-electron chi connectivity index (χ2n) is 6.77. The van der Waals surface area contributed by atoms with Crippen molar-refractivity contribution in [1.82, 2.24) is 0 Å². The number of rotatable bonds is 17. The molecule has 3 heteroatoms. The first kappa shape index (κ1) is 22.8. The number of esters is 1. The van der Waals surface area contributed by atoms with Gasteiger partial charge in [-0.05, 0) is 19.8 Å². The van der Waals surface area contributed by atoms with E-state index in [1.807, 2.05) is 6.92 Å². The molecule has 0 radical (unpaired) electrons. The summed E-state index contributed by atoms with van der Waals surface area (Å²) in [5.74, 6) is 0.485. The Kier molecular flexibility index (Phi) is 17.9. The molecule has 0 fully saturated rings. The van der Waals surface area contributed by atoms with E-state index < -0.39 is 0 Å². The second kappa shape index (κ2) is 18.1. The first-order valence-electron chi connectivity index (χ1n) is 9.96. The van der Waals surface area contributed by atoms with Crippen LogP contribution in [0.25, 0.3) is 0 Å². The summed E-state index contributed by atoms with van der Waals surface area (Å²) in [6.45, 7) is 4.18. The topological polar surface area (TPSA) is 26.3 Å². The summed E-state index contributed by atoms with van der Waals surface area (Å²) in [5, 5.41) is 0. The van der Waals surface area contributed by atoms with Gasteiger partial charge >= 0.3 is 5.97 Å². The molecule has 1 atom stereocenters. The number of halogens is 1. The Morgan fingerprint density at radius 3 is 1.70 bits per heavy atom. The molecule has 0 saturated carbocycles. The number of alkyl halides is 1. The summed E-state index contributed by atoms with van der Waals surface area (Å²) in [4.78, 5) is 11.6. The maximum absolute atomic E-state index is 11.6. The van der Waals surface area contributed by atoms with Crippen LogP contribution in [0.5, 0.6) is 0 Å². The Morgan fingerprint density at radius 1 is 0.826 bits per heavy atom. The summed E-state index contributed by atoms with van der Waals surface area (Å²) in [6.07, 6.45) is 18.5. The highest BCUT2D eigenvalue weighted by Crippen LogP contribution is 2.13. The van der Waals surface area contributed by atoms with Gasteiger partial charge in [0, 0.05) is 12.3 Å². The third-order valence-electron chi connectivity index (χ3n) is 4.33. The lowest BCUT2D eigenvalue weighted by Crippen LogP contribution is -2.15. The molecule has 0 bridgehead atoms. The van der Waals surface area contributed by atoms with Gasteiger partial charge in [-0.15, -0.1) is 11.6 Å². The van der Waals surface area contributed by atoms with Gasteiger partial charge in [0.25, 0.3) is 0 Å². The molecule has 23 heavy (non-hydrogen) atoms. The van der Waals surface area contributed by atoms with Gasteiger partial charge in [-0.25, -0.2) is 0 Å². The van der Waals surface area contributed by atoms with Crippen molar-refractivity contribution in [3.63, 3.8) is 0 Å². The first-order valence-corrected chi connectivity index (χ1v) is 10.5. The fourth-order valence-electron chi connectivity index (χ4n) is 2.78. The molecule has 0 saturated heterocycles. The Balaban J connectivity index is 3.17. The molecule has 0 aromatic rings. The Labute approximate surface area is 149 Å². The summed E-state index contributed by atoms with van der Waals surface area (Å²) in [6, 6.07) is 0. The maximum atomic E-state index is 11.6. The molecule has 0 aliphatic heterocycles. The van der Waals surface area contributed by atoms with Crippen LogP contribution in [0.2, 0.25) is 0 Å². The third kappa shape index (κ3) is 17.9. The molecule has 0 aromatic heterocycles. The molecule has 0 N–H and O–H groups in total. The predicted molar refractivity (Wildman–Crippen MR) is 101 cm³/mol. The number of carbonyl (C=O) groups excluding carboxylic acids is 1. The SMILES string of the molecule is CCCCCCCCCCCCCCCC(=O)OC(C)CCCl. The number of unbranched alkanes of at least 4 members (excludes halogenated alkanes) is 12. The fourth-order valence-corrected chi connectivity index (χ4v) is 3.09. The van der Waals surface area contributed by atoms with Crippen LogP contribution < -0.4 is 0 Å². The molecule has 138 valence electrons. The van der Waals surface area contributed by atoms with Gasteiger partial charge in [0.05, 0.1) is 0 Å². The normalized spacial score (nSPS) is 12.3. The summed E-state index contributed by atoms with van der Waals surface area (Å²) < 4.78 is 5.27. The van der Waals surface area contributed by atoms with Crippen molar-refractivity contribution in [2.75, 3.05) is 5.88 Å². The molecule has 1 unspecified atom stereocenters. The van der Waals surface area contributed by atoms with E-state index in [0.717, 1.165) is 19.3 Å². The molecule has 0 aliphatic carbocycles. The van der Waals surface area contributed by atoms with Crippen molar-refractivity contribution in [3.8, 4) is 0 Å². The molecule has 0 aromatic carbocycles. The lowest BCUT2D eigenvalue weighted by atomic mass is 10.0. The van der Waals surface area contributed by atoms with Crippen LogP contribution in [0.15, 0.2) is 0 Å². The van der Waals surface area contributed by atoms with Crippen molar-refractivity contribution in [3.05, 3.63) is 0 Å². The monoisotopic (exact) mass is 346 g/mol. The smallest absolute Gasteiger partial charge is 0.306 e.